The Morgan fingerprint density at radius 2 is 1.59 bits per heavy atom. The summed E-state index contributed by atoms with van der Waals surface area (Å²) in [6.07, 6.45) is 3.75. The number of carbonyl (C=O) groups is 1. The molecule has 6 aromatic rings. The molecule has 0 bridgehead atoms. The third kappa shape index (κ3) is 8.99. The lowest BCUT2D eigenvalue weighted by Gasteiger charge is -2.39. The number of amides is 1. The number of carbonyl (C=O) groups excluding carboxylic acids is 1. The van der Waals surface area contributed by atoms with Gasteiger partial charge in [0.05, 0.1) is 22.7 Å². The highest BCUT2D eigenvalue weighted by Crippen LogP contribution is 2.48. The SMILES string of the molecule is CCCC(C)N1Cc2nc(N3CCN(CC4CCN(c5c(F)cc(Oc6c(-c7ccc(Br)cc7)sc7cc(OCc8ccccc8)ccc67)cc5F)CC4)CC3)ccc2C1=O. The van der Waals surface area contributed by atoms with Crippen LogP contribution in [0.2, 0.25) is 0 Å². The van der Waals surface area contributed by atoms with Gasteiger partial charge in [-0.1, -0.05) is 71.7 Å². The van der Waals surface area contributed by atoms with Crippen LogP contribution < -0.4 is 19.3 Å². The quantitative estimate of drug-likeness (QED) is 0.114. The summed E-state index contributed by atoms with van der Waals surface area (Å²) in [6, 6.07) is 30.6. The summed E-state index contributed by atoms with van der Waals surface area (Å²) in [5.74, 6) is 1.63. The van der Waals surface area contributed by atoms with Gasteiger partial charge in [0.2, 0.25) is 0 Å². The Hall–Kier alpha value is -5.04. The van der Waals surface area contributed by atoms with Crippen molar-refractivity contribution in [2.45, 2.75) is 58.7 Å². The number of piperidine rings is 1. The highest BCUT2D eigenvalue weighted by Gasteiger charge is 2.33. The molecule has 2 fully saturated rings. The Morgan fingerprint density at radius 1 is 0.852 bits per heavy atom. The molecule has 12 heteroatoms. The second kappa shape index (κ2) is 18.1. The minimum absolute atomic E-state index is 0.00872. The Morgan fingerprint density at radius 3 is 2.31 bits per heavy atom. The molecule has 1 amide bonds. The van der Waals surface area contributed by atoms with Gasteiger partial charge in [0.15, 0.2) is 17.4 Å². The molecule has 1 atom stereocenters. The first kappa shape index (κ1) is 41.3. The van der Waals surface area contributed by atoms with Gasteiger partial charge < -0.3 is 24.2 Å². The maximum absolute atomic E-state index is 16.0. The summed E-state index contributed by atoms with van der Waals surface area (Å²) in [5.41, 5.74) is 3.64. The third-order valence-corrected chi connectivity index (χ3v) is 14.0. The van der Waals surface area contributed by atoms with E-state index in [1.807, 2.05) is 94.7 Å². The van der Waals surface area contributed by atoms with E-state index in [1.54, 1.807) is 11.3 Å². The average Bonchev–Trinajstić information content (AvgIpc) is 3.80. The lowest BCUT2D eigenvalue weighted by Crippen LogP contribution is -2.49. The van der Waals surface area contributed by atoms with Gasteiger partial charge in [-0.25, -0.2) is 13.8 Å². The molecule has 8 nitrogen and oxygen atoms in total. The molecule has 316 valence electrons. The number of benzene rings is 4. The second-order valence-corrected chi connectivity index (χ2v) is 18.5. The highest BCUT2D eigenvalue weighted by atomic mass is 79.9. The monoisotopic (exact) mass is 905 g/mol. The van der Waals surface area contributed by atoms with Gasteiger partial charge >= 0.3 is 0 Å². The fraction of sp³-hybridized carbons (Fsp3) is 0.347. The van der Waals surface area contributed by atoms with Crippen LogP contribution in [0.1, 0.15) is 61.1 Å². The molecule has 0 N–H and O–H groups in total. The fourth-order valence-electron chi connectivity index (χ4n) is 8.96. The van der Waals surface area contributed by atoms with Crippen molar-refractivity contribution < 1.29 is 23.0 Å². The van der Waals surface area contributed by atoms with Crippen molar-refractivity contribution in [3.05, 3.63) is 130 Å². The lowest BCUT2D eigenvalue weighted by molar-refractivity contribution is 0.0708. The molecule has 2 aromatic heterocycles. The van der Waals surface area contributed by atoms with Gasteiger partial charge in [-0.15, -0.1) is 11.3 Å². The van der Waals surface area contributed by atoms with Crippen LogP contribution >= 0.6 is 27.3 Å². The summed E-state index contributed by atoms with van der Waals surface area (Å²) in [5, 5.41) is 0.838. The highest BCUT2D eigenvalue weighted by molar-refractivity contribution is 9.10. The number of hydrogen-bond donors (Lipinski definition) is 0. The van der Waals surface area contributed by atoms with Crippen molar-refractivity contribution in [3.63, 3.8) is 0 Å². The predicted octanol–water partition coefficient (Wildman–Crippen LogP) is 11.6. The number of rotatable bonds is 13. The first-order valence-electron chi connectivity index (χ1n) is 21.4. The van der Waals surface area contributed by atoms with Crippen LogP contribution in [0.25, 0.3) is 20.5 Å². The van der Waals surface area contributed by atoms with E-state index in [9.17, 15) is 4.79 Å². The zero-order valence-electron chi connectivity index (χ0n) is 34.6. The Balaban J connectivity index is 0.821. The Kier molecular flexibility index (Phi) is 12.3. The molecule has 0 radical (unpaired) electrons. The van der Waals surface area contributed by atoms with Gasteiger partial charge in [-0.05, 0) is 85.7 Å². The van der Waals surface area contributed by atoms with Gasteiger partial charge in [-0.3, -0.25) is 9.69 Å². The lowest BCUT2D eigenvalue weighted by atomic mass is 9.95. The largest absolute Gasteiger partial charge is 0.489 e. The zero-order valence-corrected chi connectivity index (χ0v) is 37.0. The first-order valence-corrected chi connectivity index (χ1v) is 23.0. The summed E-state index contributed by atoms with van der Waals surface area (Å²) >= 11 is 5.08. The van der Waals surface area contributed by atoms with Crippen LogP contribution in [-0.2, 0) is 13.2 Å². The molecule has 5 heterocycles. The molecule has 0 aliphatic carbocycles. The molecule has 1 unspecified atom stereocenters. The maximum Gasteiger partial charge on any atom is 0.256 e. The van der Waals surface area contributed by atoms with E-state index in [0.717, 1.165) is 112 Å². The third-order valence-electron chi connectivity index (χ3n) is 12.3. The summed E-state index contributed by atoms with van der Waals surface area (Å²) < 4.78 is 46.4. The number of hydrogen-bond acceptors (Lipinski definition) is 8. The Bertz CT molecular complexity index is 2480. The molecular formula is C49H50BrF2N5O3S. The smallest absolute Gasteiger partial charge is 0.256 e. The number of anilines is 2. The topological polar surface area (TPSA) is 61.4 Å². The molecule has 9 rings (SSSR count). The van der Waals surface area contributed by atoms with Crippen LogP contribution in [0, 0.1) is 17.6 Å². The van der Waals surface area contributed by atoms with Gasteiger partial charge in [0, 0.05) is 78.5 Å². The predicted molar refractivity (Wildman–Crippen MR) is 244 cm³/mol. The van der Waals surface area contributed by atoms with E-state index in [-0.39, 0.29) is 23.4 Å². The minimum Gasteiger partial charge on any atom is -0.489 e. The Labute approximate surface area is 368 Å². The molecule has 3 aliphatic rings. The summed E-state index contributed by atoms with van der Waals surface area (Å²) in [7, 11) is 0. The number of ether oxygens (including phenoxy) is 2. The standard InChI is InChI=1S/C49H50BrF2N5O3S/c1-3-7-32(2)57-30-43-39(49(57)58)16-17-45(53-43)55-24-22-54(23-25-55)29-33-18-20-56(21-19-33)46-41(51)26-38(27-42(46)52)60-47-40-15-14-37(59-31-34-8-5-4-6-9-34)28-44(40)61-48(47)35-10-12-36(50)13-11-35/h4-6,8-17,26-28,32-33H,3,7,18-25,29-31H2,1-2H3. The number of nitrogens with zero attached hydrogens (tertiary/aromatic N) is 5. The molecule has 0 saturated carbocycles. The average molecular weight is 907 g/mol. The van der Waals surface area contributed by atoms with Gasteiger partial charge in [0.25, 0.3) is 5.91 Å². The van der Waals surface area contributed by atoms with Crippen molar-refractivity contribution in [1.29, 1.82) is 0 Å². The van der Waals surface area contributed by atoms with E-state index in [2.05, 4.69) is 39.6 Å². The number of aromatic nitrogens is 1. The second-order valence-electron chi connectivity index (χ2n) is 16.5. The van der Waals surface area contributed by atoms with Crippen molar-refractivity contribution in [1.82, 2.24) is 14.8 Å². The number of piperazine rings is 1. The number of thiophene rings is 1. The molecule has 61 heavy (non-hydrogen) atoms. The van der Waals surface area contributed by atoms with E-state index >= 15 is 8.78 Å². The molecular weight excluding hydrogens is 857 g/mol. The van der Waals surface area contributed by atoms with Crippen molar-refractivity contribution in [2.75, 3.05) is 55.6 Å². The molecule has 4 aromatic carbocycles. The van der Waals surface area contributed by atoms with Crippen LogP contribution in [0.3, 0.4) is 0 Å². The maximum atomic E-state index is 16.0. The van der Waals surface area contributed by atoms with Crippen LogP contribution in [-0.4, -0.2) is 72.5 Å². The van der Waals surface area contributed by atoms with Gasteiger partial charge in [0.1, 0.15) is 29.6 Å². The van der Waals surface area contributed by atoms with Crippen molar-refractivity contribution in [2.24, 2.45) is 5.92 Å². The molecule has 0 spiro atoms. The molecule has 3 aliphatic heterocycles. The minimum atomic E-state index is -0.626. The van der Waals surface area contributed by atoms with Crippen molar-refractivity contribution >= 4 is 54.8 Å². The van der Waals surface area contributed by atoms with Crippen LogP contribution in [0.4, 0.5) is 20.3 Å². The number of fused-ring (bicyclic) bond motifs is 2. The van der Waals surface area contributed by atoms with Crippen LogP contribution in [0.5, 0.6) is 17.2 Å². The van der Waals surface area contributed by atoms with Crippen LogP contribution in [0.15, 0.2) is 102 Å². The molecule has 2 saturated heterocycles. The first-order chi connectivity index (χ1) is 29.7. The zero-order chi connectivity index (χ0) is 42.0. The summed E-state index contributed by atoms with van der Waals surface area (Å²) in [4.78, 5) is 27.4. The van der Waals surface area contributed by atoms with E-state index in [0.29, 0.717) is 37.9 Å². The van der Waals surface area contributed by atoms with E-state index in [4.69, 9.17) is 14.5 Å². The van der Waals surface area contributed by atoms with E-state index < -0.39 is 11.6 Å². The summed E-state index contributed by atoms with van der Waals surface area (Å²) in [6.45, 7) is 11.0. The number of pyridine rings is 1. The van der Waals surface area contributed by atoms with Gasteiger partial charge in [-0.2, -0.15) is 0 Å². The fourth-order valence-corrected chi connectivity index (χ4v) is 10.4. The number of halogens is 3. The van der Waals surface area contributed by atoms with E-state index in [1.165, 1.54) is 12.1 Å². The van der Waals surface area contributed by atoms with Crippen molar-refractivity contribution in [3.8, 4) is 27.7 Å². The normalized spacial score (nSPS) is 16.7.